The Kier molecular flexibility index (Phi) is 2.75. The summed E-state index contributed by atoms with van der Waals surface area (Å²) in [5, 5.41) is 1.13. The largest absolute Gasteiger partial charge is 0.497 e. The molecule has 0 spiro atoms. The van der Waals surface area contributed by atoms with Gasteiger partial charge in [0.05, 0.1) is 12.6 Å². The number of rotatable bonds is 2. The predicted molar refractivity (Wildman–Crippen MR) is 77.5 cm³/mol. The molecule has 3 rings (SSSR count). The molecule has 2 N–H and O–H groups in total. The number of hydrogen-bond donors (Lipinski definition) is 1. The smallest absolute Gasteiger partial charge is 0.119 e. The van der Waals surface area contributed by atoms with Crippen LogP contribution < -0.4 is 10.5 Å². The Bertz CT molecular complexity index is 641. The number of ether oxygens (including phenoxy) is 1. The average molecular weight is 256 g/mol. The fraction of sp³-hybridized carbons (Fsp3) is 0.438. The van der Waals surface area contributed by atoms with Crippen molar-refractivity contribution >= 4 is 10.9 Å². The first-order valence-electron chi connectivity index (χ1n) is 6.79. The highest BCUT2D eigenvalue weighted by atomic mass is 16.5. The van der Waals surface area contributed by atoms with Crippen LogP contribution in [-0.4, -0.2) is 12.1 Å². The number of hydrogen-bond acceptors (Lipinski definition) is 3. The van der Waals surface area contributed by atoms with Crippen LogP contribution in [-0.2, 0) is 18.4 Å². The van der Waals surface area contributed by atoms with Crippen molar-refractivity contribution in [3.63, 3.8) is 0 Å². The first-order chi connectivity index (χ1) is 9.00. The van der Waals surface area contributed by atoms with Crippen molar-refractivity contribution in [3.05, 3.63) is 35.0 Å². The van der Waals surface area contributed by atoms with E-state index in [2.05, 4.69) is 19.9 Å². The molecule has 0 saturated heterocycles. The number of aryl methyl sites for hydroxylation is 1. The molecule has 3 heteroatoms. The summed E-state index contributed by atoms with van der Waals surface area (Å²) in [5.41, 5.74) is 10.9. The molecule has 1 aliphatic rings. The molecule has 0 bridgehead atoms. The van der Waals surface area contributed by atoms with Crippen LogP contribution >= 0.6 is 0 Å². The van der Waals surface area contributed by atoms with Gasteiger partial charge in [0.25, 0.3) is 0 Å². The van der Waals surface area contributed by atoms with Crippen LogP contribution in [0.5, 0.6) is 5.75 Å². The van der Waals surface area contributed by atoms with Gasteiger partial charge in [-0.2, -0.15) is 0 Å². The van der Waals surface area contributed by atoms with Gasteiger partial charge in [-0.1, -0.05) is 0 Å². The Morgan fingerprint density at radius 1 is 1.26 bits per heavy atom. The molecule has 0 radical (unpaired) electrons. The lowest BCUT2D eigenvalue weighted by Gasteiger charge is -2.25. The van der Waals surface area contributed by atoms with E-state index in [0.29, 0.717) is 0 Å². The number of nitrogens with two attached hydrogens (primary N) is 1. The Balaban J connectivity index is 2.39. The van der Waals surface area contributed by atoms with E-state index < -0.39 is 0 Å². The number of pyridine rings is 1. The second-order valence-electron chi connectivity index (χ2n) is 5.87. The summed E-state index contributed by atoms with van der Waals surface area (Å²) >= 11 is 0. The number of nitrogens with zero attached hydrogens (tertiary/aromatic N) is 1. The van der Waals surface area contributed by atoms with Crippen LogP contribution in [0.1, 0.15) is 37.1 Å². The molecule has 3 nitrogen and oxygen atoms in total. The van der Waals surface area contributed by atoms with E-state index in [1.165, 1.54) is 23.2 Å². The Labute approximate surface area is 113 Å². The summed E-state index contributed by atoms with van der Waals surface area (Å²) < 4.78 is 5.34. The normalized spacial score (nSPS) is 14.7. The highest BCUT2D eigenvalue weighted by Crippen LogP contribution is 2.36. The van der Waals surface area contributed by atoms with E-state index in [9.17, 15) is 0 Å². The van der Waals surface area contributed by atoms with Crippen molar-refractivity contribution in [1.82, 2.24) is 4.98 Å². The SMILES string of the molecule is COc1ccc2nc3c(c(C(C)(C)N)c2c1)CCC3. The number of aromatic nitrogens is 1. The molecule has 1 aliphatic carbocycles. The number of methoxy groups -OCH3 is 1. The van der Waals surface area contributed by atoms with Gasteiger partial charge in [0, 0.05) is 16.6 Å². The summed E-state index contributed by atoms with van der Waals surface area (Å²) in [6.45, 7) is 4.14. The third-order valence-corrected chi connectivity index (χ3v) is 3.86. The van der Waals surface area contributed by atoms with Gasteiger partial charge in [-0.3, -0.25) is 4.98 Å². The van der Waals surface area contributed by atoms with E-state index in [1.807, 2.05) is 12.1 Å². The maximum atomic E-state index is 6.42. The van der Waals surface area contributed by atoms with Gasteiger partial charge >= 0.3 is 0 Å². The third-order valence-electron chi connectivity index (χ3n) is 3.86. The van der Waals surface area contributed by atoms with Crippen molar-refractivity contribution in [2.24, 2.45) is 5.73 Å². The molecular weight excluding hydrogens is 236 g/mol. The minimum atomic E-state index is -0.359. The van der Waals surface area contributed by atoms with E-state index in [0.717, 1.165) is 29.5 Å². The van der Waals surface area contributed by atoms with Crippen molar-refractivity contribution in [1.29, 1.82) is 0 Å². The predicted octanol–water partition coefficient (Wildman–Crippen LogP) is 2.93. The van der Waals surface area contributed by atoms with Crippen LogP contribution in [0.25, 0.3) is 10.9 Å². The molecule has 0 amide bonds. The maximum Gasteiger partial charge on any atom is 0.119 e. The topological polar surface area (TPSA) is 48.1 Å². The number of fused-ring (bicyclic) bond motifs is 2. The van der Waals surface area contributed by atoms with Crippen LogP contribution in [0, 0.1) is 0 Å². The highest BCUT2D eigenvalue weighted by molar-refractivity contribution is 5.86. The first-order valence-corrected chi connectivity index (χ1v) is 6.79. The standard InChI is InChI=1S/C16H20N2O/c1-16(2,17)15-11-5-4-6-13(11)18-14-8-7-10(19-3)9-12(14)15/h7-9H,4-6,17H2,1-3H3. The molecule has 0 fully saturated rings. The average Bonchev–Trinajstić information content (AvgIpc) is 2.80. The van der Waals surface area contributed by atoms with E-state index in [4.69, 9.17) is 15.5 Å². The van der Waals surface area contributed by atoms with Gasteiger partial charge < -0.3 is 10.5 Å². The minimum absolute atomic E-state index is 0.359. The first kappa shape index (κ1) is 12.4. The minimum Gasteiger partial charge on any atom is -0.497 e. The van der Waals surface area contributed by atoms with Gasteiger partial charge in [-0.05, 0) is 62.4 Å². The molecule has 0 unspecified atom stereocenters. The van der Waals surface area contributed by atoms with Crippen LogP contribution in [0.4, 0.5) is 0 Å². The Morgan fingerprint density at radius 3 is 2.74 bits per heavy atom. The van der Waals surface area contributed by atoms with Crippen molar-refractivity contribution in [2.75, 3.05) is 7.11 Å². The fourth-order valence-corrected chi connectivity index (χ4v) is 3.10. The molecule has 1 aromatic carbocycles. The number of benzene rings is 1. The van der Waals surface area contributed by atoms with Gasteiger partial charge in [0.15, 0.2) is 0 Å². The quantitative estimate of drug-likeness (QED) is 0.898. The van der Waals surface area contributed by atoms with Crippen LogP contribution in [0.15, 0.2) is 18.2 Å². The second-order valence-corrected chi connectivity index (χ2v) is 5.87. The summed E-state index contributed by atoms with van der Waals surface area (Å²) in [6, 6.07) is 6.05. The zero-order valence-corrected chi connectivity index (χ0v) is 11.8. The summed E-state index contributed by atoms with van der Waals surface area (Å²) in [7, 11) is 1.69. The van der Waals surface area contributed by atoms with Gasteiger partial charge in [-0.25, -0.2) is 0 Å². The Morgan fingerprint density at radius 2 is 2.05 bits per heavy atom. The summed E-state index contributed by atoms with van der Waals surface area (Å²) in [5.74, 6) is 0.859. The molecule has 1 aromatic heterocycles. The molecule has 1 heterocycles. The van der Waals surface area contributed by atoms with Gasteiger partial charge in [-0.15, -0.1) is 0 Å². The maximum absolute atomic E-state index is 6.42. The molecule has 2 aromatic rings. The lowest BCUT2D eigenvalue weighted by Crippen LogP contribution is -2.30. The summed E-state index contributed by atoms with van der Waals surface area (Å²) in [4.78, 5) is 4.79. The lowest BCUT2D eigenvalue weighted by molar-refractivity contribution is 0.415. The Hall–Kier alpha value is -1.61. The van der Waals surface area contributed by atoms with E-state index >= 15 is 0 Å². The van der Waals surface area contributed by atoms with Crippen LogP contribution in [0.3, 0.4) is 0 Å². The van der Waals surface area contributed by atoms with Crippen molar-refractivity contribution in [3.8, 4) is 5.75 Å². The van der Waals surface area contributed by atoms with Gasteiger partial charge in [0.2, 0.25) is 0 Å². The molecule has 19 heavy (non-hydrogen) atoms. The molecule has 0 atom stereocenters. The zero-order valence-electron chi connectivity index (χ0n) is 11.8. The zero-order chi connectivity index (χ0) is 13.6. The molecular formula is C16H20N2O. The molecule has 0 aliphatic heterocycles. The van der Waals surface area contributed by atoms with E-state index in [-0.39, 0.29) is 5.54 Å². The monoisotopic (exact) mass is 256 g/mol. The molecule has 0 saturated carbocycles. The second kappa shape index (κ2) is 4.20. The molecule has 100 valence electrons. The van der Waals surface area contributed by atoms with Crippen molar-refractivity contribution in [2.45, 2.75) is 38.6 Å². The highest BCUT2D eigenvalue weighted by Gasteiger charge is 2.27. The van der Waals surface area contributed by atoms with Gasteiger partial charge in [0.1, 0.15) is 5.75 Å². The summed E-state index contributed by atoms with van der Waals surface area (Å²) in [6.07, 6.45) is 3.34. The van der Waals surface area contributed by atoms with Crippen molar-refractivity contribution < 1.29 is 4.74 Å². The fourth-order valence-electron chi connectivity index (χ4n) is 3.10. The lowest BCUT2D eigenvalue weighted by atomic mass is 9.87. The van der Waals surface area contributed by atoms with Crippen LogP contribution in [0.2, 0.25) is 0 Å². The van der Waals surface area contributed by atoms with E-state index in [1.54, 1.807) is 7.11 Å². The third kappa shape index (κ3) is 1.98.